The van der Waals surface area contributed by atoms with Gasteiger partial charge in [-0.15, -0.1) is 13.2 Å². The first-order valence-electron chi connectivity index (χ1n) is 17.0. The molecule has 0 nitrogen and oxygen atoms in total. The molecule has 1 aliphatic carbocycles. The van der Waals surface area contributed by atoms with Gasteiger partial charge in [-0.1, -0.05) is 168 Å². The van der Waals surface area contributed by atoms with Crippen molar-refractivity contribution in [3.8, 4) is 44.5 Å². The summed E-state index contributed by atoms with van der Waals surface area (Å²) in [5.74, 6) is 0. The molecule has 0 bridgehead atoms. The van der Waals surface area contributed by atoms with Crippen LogP contribution in [-0.4, -0.2) is 0 Å². The summed E-state index contributed by atoms with van der Waals surface area (Å²) in [5.41, 5.74) is 18.7. The van der Waals surface area contributed by atoms with Gasteiger partial charge in [-0.05, 0) is 113 Å². The zero-order valence-corrected chi connectivity index (χ0v) is 29.6. The van der Waals surface area contributed by atoms with Crippen LogP contribution in [0.15, 0.2) is 143 Å². The van der Waals surface area contributed by atoms with E-state index in [0.717, 1.165) is 55.6 Å². The van der Waals surface area contributed by atoms with E-state index in [1.54, 1.807) is 0 Å². The van der Waals surface area contributed by atoms with Crippen molar-refractivity contribution in [1.29, 1.82) is 0 Å². The van der Waals surface area contributed by atoms with E-state index in [2.05, 4.69) is 164 Å². The predicted molar refractivity (Wildman–Crippen MR) is 224 cm³/mol. The molecular weight excluding hydrogens is 601 g/mol. The topological polar surface area (TPSA) is 0 Å². The normalized spacial score (nSPS) is 12.2. The second-order valence-electron chi connectivity index (χ2n) is 13.1. The third-order valence-electron chi connectivity index (χ3n) is 10.3. The number of benzene rings is 6. The summed E-state index contributed by atoms with van der Waals surface area (Å²) >= 11 is 0. The van der Waals surface area contributed by atoms with Gasteiger partial charge < -0.3 is 0 Å². The van der Waals surface area contributed by atoms with Gasteiger partial charge in [-0.25, -0.2) is 0 Å². The summed E-state index contributed by atoms with van der Waals surface area (Å²) < 4.78 is 0. The van der Waals surface area contributed by atoms with Crippen molar-refractivity contribution in [3.63, 3.8) is 0 Å². The van der Waals surface area contributed by atoms with Gasteiger partial charge in [0, 0.05) is 5.41 Å². The fourth-order valence-corrected chi connectivity index (χ4v) is 8.05. The Bertz CT molecular complexity index is 2350. The second-order valence-corrected chi connectivity index (χ2v) is 13.1. The van der Waals surface area contributed by atoms with E-state index in [1.807, 2.05) is 30.4 Å². The largest absolute Gasteiger partial charge is 0.106 e. The van der Waals surface area contributed by atoms with E-state index in [0.29, 0.717) is 0 Å². The molecule has 244 valence electrons. The molecule has 0 amide bonds. The molecule has 0 fully saturated rings. The summed E-state index contributed by atoms with van der Waals surface area (Å²) in [5, 5.41) is 2.35. The van der Waals surface area contributed by atoms with E-state index < -0.39 is 0 Å². The third kappa shape index (κ3) is 5.08. The van der Waals surface area contributed by atoms with Gasteiger partial charge in [-0.3, -0.25) is 0 Å². The highest BCUT2D eigenvalue weighted by Gasteiger charge is 2.37. The Kier molecular flexibility index (Phi) is 9.15. The standard InChI is InChI=1S/C48H40.C2H4/c1-9-33-30(6)19-18-23-38(33)46-37(13-5)36(12-4)45(39-20-14-15-21-40(39)46)32-27-25-31(26-28-32)42-29-44-47(35(11-3)34(42)10-2)41-22-16-17-24-43(41)48(44,7)8;1-2/h9-29H,1-5H2,6-8H3;1-2H2. The Balaban J connectivity index is 0.00000212. The molecule has 0 atom stereocenters. The molecule has 0 radical (unpaired) electrons. The summed E-state index contributed by atoms with van der Waals surface area (Å²) in [4.78, 5) is 0. The number of fused-ring (bicyclic) bond motifs is 4. The molecule has 0 heterocycles. The maximum Gasteiger partial charge on any atom is 0.0159 e. The molecule has 0 N–H and O–H groups in total. The van der Waals surface area contributed by atoms with E-state index in [9.17, 15) is 0 Å². The van der Waals surface area contributed by atoms with Crippen molar-refractivity contribution in [2.24, 2.45) is 0 Å². The van der Waals surface area contributed by atoms with E-state index in [4.69, 9.17) is 0 Å². The molecule has 6 aromatic rings. The van der Waals surface area contributed by atoms with Crippen LogP contribution < -0.4 is 0 Å². The summed E-state index contributed by atoms with van der Waals surface area (Å²) in [7, 11) is 0. The van der Waals surface area contributed by atoms with Crippen LogP contribution in [0.3, 0.4) is 0 Å². The monoisotopic (exact) mass is 644 g/mol. The van der Waals surface area contributed by atoms with Crippen molar-refractivity contribution in [2.75, 3.05) is 0 Å². The first-order chi connectivity index (χ1) is 24.3. The lowest BCUT2D eigenvalue weighted by atomic mass is 9.79. The van der Waals surface area contributed by atoms with Crippen molar-refractivity contribution < 1.29 is 0 Å². The van der Waals surface area contributed by atoms with Crippen molar-refractivity contribution in [2.45, 2.75) is 26.2 Å². The first-order valence-corrected chi connectivity index (χ1v) is 17.0. The van der Waals surface area contributed by atoms with Crippen molar-refractivity contribution >= 4 is 41.2 Å². The average molecular weight is 645 g/mol. The van der Waals surface area contributed by atoms with Crippen molar-refractivity contribution in [1.82, 2.24) is 0 Å². The van der Waals surface area contributed by atoms with Crippen LogP contribution in [0.2, 0.25) is 0 Å². The van der Waals surface area contributed by atoms with Crippen LogP contribution in [-0.2, 0) is 5.41 Å². The zero-order chi connectivity index (χ0) is 35.7. The van der Waals surface area contributed by atoms with Gasteiger partial charge in [0.15, 0.2) is 0 Å². The van der Waals surface area contributed by atoms with Gasteiger partial charge in [0.2, 0.25) is 0 Å². The van der Waals surface area contributed by atoms with Crippen LogP contribution >= 0.6 is 0 Å². The summed E-state index contributed by atoms with van der Waals surface area (Å²) in [6, 6.07) is 35.2. The Morgan fingerprint density at radius 3 is 1.56 bits per heavy atom. The number of rotatable bonds is 8. The average Bonchev–Trinajstić information content (AvgIpc) is 3.39. The number of hydrogen-bond donors (Lipinski definition) is 0. The summed E-state index contributed by atoms with van der Waals surface area (Å²) in [6.45, 7) is 34.1. The minimum Gasteiger partial charge on any atom is -0.106 e. The molecule has 0 aromatic heterocycles. The minimum absolute atomic E-state index is 0.124. The molecule has 0 aliphatic heterocycles. The van der Waals surface area contributed by atoms with Gasteiger partial charge in [0.1, 0.15) is 0 Å². The molecule has 0 saturated carbocycles. The lowest BCUT2D eigenvalue weighted by molar-refractivity contribution is 0.660. The highest BCUT2D eigenvalue weighted by molar-refractivity contribution is 6.12. The Morgan fingerprint density at radius 2 is 0.940 bits per heavy atom. The molecule has 0 spiro atoms. The van der Waals surface area contributed by atoms with Crippen LogP contribution in [0.4, 0.5) is 0 Å². The van der Waals surface area contributed by atoms with Crippen molar-refractivity contribution in [3.05, 3.63) is 188 Å². The SMILES string of the molecule is C=C.C=Cc1c(C)cccc1-c1c(C=C)c(C=C)c(-c2ccc(-c3cc4c(c(C=C)c3C=C)-c3ccccc3C4(C)C)cc2)c2ccccc12. The van der Waals surface area contributed by atoms with Crippen LogP contribution in [0, 0.1) is 6.92 Å². The smallest absolute Gasteiger partial charge is 0.0159 e. The fraction of sp³-hybridized carbons (Fsp3) is 0.0800. The van der Waals surface area contributed by atoms with E-state index in [-0.39, 0.29) is 5.41 Å². The molecule has 0 saturated heterocycles. The zero-order valence-electron chi connectivity index (χ0n) is 29.6. The Morgan fingerprint density at radius 1 is 0.440 bits per heavy atom. The van der Waals surface area contributed by atoms with Crippen LogP contribution in [0.1, 0.15) is 58.4 Å². The van der Waals surface area contributed by atoms with Gasteiger partial charge in [-0.2, -0.15) is 0 Å². The molecule has 50 heavy (non-hydrogen) atoms. The van der Waals surface area contributed by atoms with Gasteiger partial charge in [0.05, 0.1) is 0 Å². The summed E-state index contributed by atoms with van der Waals surface area (Å²) in [6.07, 6.45) is 9.89. The predicted octanol–water partition coefficient (Wildman–Crippen LogP) is 14.5. The Labute approximate surface area is 298 Å². The lowest BCUT2D eigenvalue weighted by Gasteiger charge is -2.24. The number of hydrogen-bond acceptors (Lipinski definition) is 0. The quantitative estimate of drug-likeness (QED) is 0.145. The minimum atomic E-state index is -0.124. The lowest BCUT2D eigenvalue weighted by Crippen LogP contribution is -2.15. The van der Waals surface area contributed by atoms with E-state index in [1.165, 1.54) is 44.2 Å². The molecular formula is C50H44. The molecule has 0 heteroatoms. The van der Waals surface area contributed by atoms with Gasteiger partial charge in [0.25, 0.3) is 0 Å². The molecule has 6 aromatic carbocycles. The van der Waals surface area contributed by atoms with Crippen LogP contribution in [0.5, 0.6) is 0 Å². The maximum absolute atomic E-state index is 4.31. The first kappa shape index (κ1) is 33.9. The fourth-order valence-electron chi connectivity index (χ4n) is 8.05. The van der Waals surface area contributed by atoms with Crippen LogP contribution in [0.25, 0.3) is 85.7 Å². The second kappa shape index (κ2) is 13.5. The molecule has 1 aliphatic rings. The molecule has 7 rings (SSSR count). The van der Waals surface area contributed by atoms with Gasteiger partial charge >= 0.3 is 0 Å². The highest BCUT2D eigenvalue weighted by atomic mass is 14.4. The maximum atomic E-state index is 4.31. The Hall–Kier alpha value is -5.98. The highest BCUT2D eigenvalue weighted by Crippen LogP contribution is 2.53. The molecule has 0 unspecified atom stereocenters. The van der Waals surface area contributed by atoms with E-state index >= 15 is 0 Å². The number of aryl methyl sites for hydroxylation is 1. The third-order valence-corrected chi connectivity index (χ3v) is 10.3.